The molecule has 1 rings (SSSR count). The molecule has 1 aromatic heterocycles. The average molecular weight is 163 g/mol. The fourth-order valence-corrected chi connectivity index (χ4v) is 1.15. The average Bonchev–Trinajstić information content (AvgIpc) is 2.16. The van der Waals surface area contributed by atoms with Crippen molar-refractivity contribution >= 4 is 0 Å². The second kappa shape index (κ2) is 4.88. The van der Waals surface area contributed by atoms with Crippen molar-refractivity contribution in [1.82, 2.24) is 9.88 Å². The Morgan fingerprint density at radius 2 is 2.17 bits per heavy atom. The minimum atomic E-state index is 1.01. The van der Waals surface area contributed by atoms with Gasteiger partial charge >= 0.3 is 0 Å². The van der Waals surface area contributed by atoms with Crippen molar-refractivity contribution in [2.24, 2.45) is 0 Å². The number of nitrogens with zero attached hydrogens (tertiary/aromatic N) is 2. The van der Waals surface area contributed by atoms with Crippen LogP contribution in [0.5, 0.6) is 0 Å². The molecule has 0 aliphatic carbocycles. The Hall–Kier alpha value is -0.890. The molecule has 0 unspecified atom stereocenters. The zero-order valence-corrected chi connectivity index (χ0v) is 7.75. The van der Waals surface area contributed by atoms with Crippen molar-refractivity contribution in [2.45, 2.75) is 20.4 Å². The highest BCUT2D eigenvalue weighted by molar-refractivity contribution is 5.08. The van der Waals surface area contributed by atoms with Crippen LogP contribution in [0.25, 0.3) is 0 Å². The Balaban J connectivity index is 2.51. The van der Waals surface area contributed by atoms with Crippen LogP contribution in [0.4, 0.5) is 0 Å². The third-order valence-corrected chi connectivity index (χ3v) is 1.99. The molecule has 0 saturated carbocycles. The molecule has 0 saturated heterocycles. The van der Waals surface area contributed by atoms with Gasteiger partial charge < -0.3 is 0 Å². The molecule has 0 atom stereocenters. The number of hydrogen-bond donors (Lipinski definition) is 0. The number of pyridine rings is 1. The Kier molecular flexibility index (Phi) is 3.74. The minimum Gasteiger partial charge on any atom is -0.300 e. The molecule has 0 aliphatic rings. The second-order valence-corrected chi connectivity index (χ2v) is 2.75. The summed E-state index contributed by atoms with van der Waals surface area (Å²) < 4.78 is 0. The minimum absolute atomic E-state index is 1.01. The molecule has 0 N–H and O–H groups in total. The van der Waals surface area contributed by atoms with Crippen LogP contribution in [-0.4, -0.2) is 23.0 Å². The lowest BCUT2D eigenvalue weighted by atomic mass is 10.2. The van der Waals surface area contributed by atoms with Crippen molar-refractivity contribution in [2.75, 3.05) is 13.1 Å². The van der Waals surface area contributed by atoms with Gasteiger partial charge in [-0.3, -0.25) is 9.88 Å². The van der Waals surface area contributed by atoms with E-state index in [0.717, 1.165) is 19.6 Å². The Labute approximate surface area is 74.2 Å². The van der Waals surface area contributed by atoms with E-state index in [2.05, 4.69) is 29.9 Å². The van der Waals surface area contributed by atoms with Crippen LogP contribution in [0, 0.1) is 6.20 Å². The van der Waals surface area contributed by atoms with Crippen LogP contribution in [0.2, 0.25) is 0 Å². The summed E-state index contributed by atoms with van der Waals surface area (Å²) in [7, 11) is 0. The largest absolute Gasteiger partial charge is 0.300 e. The van der Waals surface area contributed by atoms with Crippen LogP contribution < -0.4 is 0 Å². The van der Waals surface area contributed by atoms with Gasteiger partial charge in [0.15, 0.2) is 0 Å². The van der Waals surface area contributed by atoms with Gasteiger partial charge in [0.1, 0.15) is 0 Å². The molecule has 2 nitrogen and oxygen atoms in total. The molecular formula is C10H15N2. The SMILES string of the molecule is CCN(CC)Cc1c[c]ncc1. The summed E-state index contributed by atoms with van der Waals surface area (Å²) >= 11 is 0. The van der Waals surface area contributed by atoms with Gasteiger partial charge in [0.2, 0.25) is 0 Å². The Morgan fingerprint density at radius 3 is 2.67 bits per heavy atom. The maximum atomic E-state index is 3.86. The highest BCUT2D eigenvalue weighted by Gasteiger charge is 1.99. The predicted octanol–water partition coefficient (Wildman–Crippen LogP) is 1.72. The van der Waals surface area contributed by atoms with E-state index in [1.807, 2.05) is 12.1 Å². The Bertz CT molecular complexity index is 204. The van der Waals surface area contributed by atoms with Gasteiger partial charge in [-0.15, -0.1) is 0 Å². The molecule has 0 aromatic carbocycles. The third-order valence-electron chi connectivity index (χ3n) is 1.99. The van der Waals surface area contributed by atoms with E-state index in [0.29, 0.717) is 0 Å². The van der Waals surface area contributed by atoms with E-state index in [-0.39, 0.29) is 0 Å². The first kappa shape index (κ1) is 9.20. The van der Waals surface area contributed by atoms with Gasteiger partial charge in [0, 0.05) is 12.7 Å². The van der Waals surface area contributed by atoms with Gasteiger partial charge in [-0.05, 0) is 30.8 Å². The molecule has 0 spiro atoms. The lowest BCUT2D eigenvalue weighted by Gasteiger charge is -2.17. The van der Waals surface area contributed by atoms with Gasteiger partial charge in [0.05, 0.1) is 6.20 Å². The summed E-state index contributed by atoms with van der Waals surface area (Å²) in [6, 6.07) is 3.98. The van der Waals surface area contributed by atoms with Crippen molar-refractivity contribution in [3.05, 3.63) is 30.1 Å². The summed E-state index contributed by atoms with van der Waals surface area (Å²) in [5, 5.41) is 0. The topological polar surface area (TPSA) is 16.1 Å². The predicted molar refractivity (Wildman–Crippen MR) is 49.7 cm³/mol. The summed E-state index contributed by atoms with van der Waals surface area (Å²) in [4.78, 5) is 6.23. The molecule has 0 amide bonds. The zero-order valence-electron chi connectivity index (χ0n) is 7.75. The molecule has 0 aliphatic heterocycles. The van der Waals surface area contributed by atoms with Gasteiger partial charge in [-0.25, -0.2) is 0 Å². The lowest BCUT2D eigenvalue weighted by molar-refractivity contribution is 0.296. The molecule has 1 radical (unpaired) electrons. The summed E-state index contributed by atoms with van der Waals surface area (Å²) in [5.41, 5.74) is 1.29. The summed E-state index contributed by atoms with van der Waals surface area (Å²) in [5.74, 6) is 0. The molecule has 65 valence electrons. The number of hydrogen-bond acceptors (Lipinski definition) is 2. The number of aromatic nitrogens is 1. The first-order valence-electron chi connectivity index (χ1n) is 4.40. The summed E-state index contributed by atoms with van der Waals surface area (Å²) in [6.07, 6.45) is 4.63. The molecule has 12 heavy (non-hydrogen) atoms. The highest BCUT2D eigenvalue weighted by Crippen LogP contribution is 2.01. The molecule has 0 fully saturated rings. The normalized spacial score (nSPS) is 10.6. The third kappa shape index (κ3) is 2.62. The van der Waals surface area contributed by atoms with E-state index < -0.39 is 0 Å². The van der Waals surface area contributed by atoms with Crippen LogP contribution in [-0.2, 0) is 6.54 Å². The van der Waals surface area contributed by atoms with Gasteiger partial charge in [0.25, 0.3) is 0 Å². The van der Waals surface area contributed by atoms with Crippen molar-refractivity contribution < 1.29 is 0 Å². The van der Waals surface area contributed by atoms with Gasteiger partial charge in [-0.1, -0.05) is 13.8 Å². The van der Waals surface area contributed by atoms with Crippen LogP contribution >= 0.6 is 0 Å². The Morgan fingerprint density at radius 1 is 1.42 bits per heavy atom. The molecule has 1 aromatic rings. The molecule has 2 heteroatoms. The highest BCUT2D eigenvalue weighted by atomic mass is 15.1. The first-order valence-corrected chi connectivity index (χ1v) is 4.40. The number of rotatable bonds is 4. The van der Waals surface area contributed by atoms with E-state index in [1.54, 1.807) is 6.20 Å². The van der Waals surface area contributed by atoms with Crippen molar-refractivity contribution in [1.29, 1.82) is 0 Å². The zero-order chi connectivity index (χ0) is 8.81. The van der Waals surface area contributed by atoms with Crippen molar-refractivity contribution in [3.8, 4) is 0 Å². The van der Waals surface area contributed by atoms with E-state index in [4.69, 9.17) is 0 Å². The van der Waals surface area contributed by atoms with Gasteiger partial charge in [-0.2, -0.15) is 0 Å². The smallest absolute Gasteiger partial charge is 0.0889 e. The molecule has 1 heterocycles. The standard InChI is InChI=1S/C10H15N2/c1-3-12(4-2)9-10-5-7-11-8-6-10/h5-7H,3-4,9H2,1-2H3. The van der Waals surface area contributed by atoms with E-state index >= 15 is 0 Å². The van der Waals surface area contributed by atoms with E-state index in [9.17, 15) is 0 Å². The van der Waals surface area contributed by atoms with Crippen LogP contribution in [0.3, 0.4) is 0 Å². The maximum absolute atomic E-state index is 3.86. The monoisotopic (exact) mass is 163 g/mol. The quantitative estimate of drug-likeness (QED) is 0.672. The fourth-order valence-electron chi connectivity index (χ4n) is 1.15. The fraction of sp³-hybridized carbons (Fsp3) is 0.500. The molecule has 0 bridgehead atoms. The van der Waals surface area contributed by atoms with Crippen LogP contribution in [0.15, 0.2) is 18.3 Å². The van der Waals surface area contributed by atoms with E-state index in [1.165, 1.54) is 5.56 Å². The lowest BCUT2D eigenvalue weighted by Crippen LogP contribution is -2.21. The maximum Gasteiger partial charge on any atom is 0.0889 e. The second-order valence-electron chi connectivity index (χ2n) is 2.75. The molecular weight excluding hydrogens is 148 g/mol. The van der Waals surface area contributed by atoms with Crippen LogP contribution in [0.1, 0.15) is 19.4 Å². The first-order chi connectivity index (χ1) is 5.86. The summed E-state index contributed by atoms with van der Waals surface area (Å²) in [6.45, 7) is 7.55. The van der Waals surface area contributed by atoms with Crippen molar-refractivity contribution in [3.63, 3.8) is 0 Å².